The zero-order chi connectivity index (χ0) is 18.2. The molecule has 3 aromatic rings. The zero-order valence-electron chi connectivity index (χ0n) is 14.7. The molecule has 0 unspecified atom stereocenters. The minimum Gasteiger partial charge on any atom is -0.478 e. The van der Waals surface area contributed by atoms with Crippen molar-refractivity contribution in [2.45, 2.75) is 33.1 Å². The molecule has 0 aliphatic heterocycles. The Morgan fingerprint density at radius 1 is 1.16 bits per heavy atom. The number of benzene rings is 1. The number of pyridine rings is 1. The van der Waals surface area contributed by atoms with Gasteiger partial charge in [0.25, 0.3) is 0 Å². The van der Waals surface area contributed by atoms with Crippen molar-refractivity contribution in [2.24, 2.45) is 10.2 Å². The van der Waals surface area contributed by atoms with Crippen LogP contribution in [-0.2, 0) is 5.41 Å². The van der Waals surface area contributed by atoms with E-state index in [4.69, 9.17) is 10.1 Å². The van der Waals surface area contributed by atoms with E-state index in [2.05, 4.69) is 31.0 Å². The van der Waals surface area contributed by atoms with Crippen LogP contribution in [0.25, 0.3) is 5.65 Å². The van der Waals surface area contributed by atoms with Crippen molar-refractivity contribution in [2.75, 3.05) is 0 Å². The van der Waals surface area contributed by atoms with Crippen LogP contribution in [0.1, 0.15) is 42.4 Å². The van der Waals surface area contributed by atoms with Gasteiger partial charge in [-0.3, -0.25) is 4.40 Å². The van der Waals surface area contributed by atoms with E-state index in [1.54, 1.807) is 12.1 Å². The molecule has 0 radical (unpaired) electrons. The van der Waals surface area contributed by atoms with Gasteiger partial charge in [0.15, 0.2) is 5.82 Å². The maximum Gasteiger partial charge on any atom is 0.335 e. The average molecular weight is 336 g/mol. The number of hydrogen-bond donors (Lipinski definition) is 1. The van der Waals surface area contributed by atoms with Gasteiger partial charge in [-0.1, -0.05) is 26.8 Å². The van der Waals surface area contributed by atoms with Crippen molar-refractivity contribution in [3.8, 4) is 0 Å². The van der Waals surface area contributed by atoms with Gasteiger partial charge in [0.1, 0.15) is 5.65 Å². The van der Waals surface area contributed by atoms with Crippen LogP contribution in [0.2, 0.25) is 0 Å². The maximum absolute atomic E-state index is 11.1. The van der Waals surface area contributed by atoms with E-state index in [1.807, 2.05) is 29.7 Å². The van der Waals surface area contributed by atoms with Gasteiger partial charge in [-0.25, -0.2) is 9.78 Å². The second-order valence-electron chi connectivity index (χ2n) is 7.02. The quantitative estimate of drug-likeness (QED) is 0.679. The number of imidazole rings is 1. The second kappa shape index (κ2) is 6.12. The van der Waals surface area contributed by atoms with Gasteiger partial charge in [-0.2, -0.15) is 0 Å². The van der Waals surface area contributed by atoms with Crippen LogP contribution in [0.15, 0.2) is 52.8 Å². The maximum atomic E-state index is 11.1. The van der Waals surface area contributed by atoms with Gasteiger partial charge in [0, 0.05) is 11.6 Å². The SMILES string of the molecule is Cc1ccn2c(N=Nc3cccc(C(=O)O)c3)c(C(C)(C)C)nc2c1. The van der Waals surface area contributed by atoms with Crippen LogP contribution in [-0.4, -0.2) is 20.5 Å². The van der Waals surface area contributed by atoms with Crippen LogP contribution < -0.4 is 0 Å². The Kier molecular flexibility index (Phi) is 4.12. The van der Waals surface area contributed by atoms with Crippen molar-refractivity contribution >= 4 is 23.1 Å². The Morgan fingerprint density at radius 3 is 2.60 bits per heavy atom. The Labute approximate surface area is 145 Å². The smallest absolute Gasteiger partial charge is 0.335 e. The largest absolute Gasteiger partial charge is 0.478 e. The number of azo groups is 1. The van der Waals surface area contributed by atoms with Gasteiger partial charge in [0.05, 0.1) is 16.9 Å². The van der Waals surface area contributed by atoms with Crippen LogP contribution >= 0.6 is 0 Å². The van der Waals surface area contributed by atoms with Crippen molar-refractivity contribution in [3.63, 3.8) is 0 Å². The van der Waals surface area contributed by atoms with Gasteiger partial charge >= 0.3 is 5.97 Å². The summed E-state index contributed by atoms with van der Waals surface area (Å²) in [7, 11) is 0. The molecule has 0 bridgehead atoms. The molecule has 1 N–H and O–H groups in total. The zero-order valence-corrected chi connectivity index (χ0v) is 14.7. The number of aryl methyl sites for hydroxylation is 1. The molecule has 6 nitrogen and oxygen atoms in total. The number of carbonyl (C=O) groups is 1. The molecule has 0 saturated heterocycles. The van der Waals surface area contributed by atoms with Crippen molar-refractivity contribution in [3.05, 3.63) is 59.4 Å². The van der Waals surface area contributed by atoms with Crippen molar-refractivity contribution in [1.82, 2.24) is 9.38 Å². The molecule has 0 atom stereocenters. The summed E-state index contributed by atoms with van der Waals surface area (Å²) in [6.45, 7) is 8.24. The molecule has 6 heteroatoms. The summed E-state index contributed by atoms with van der Waals surface area (Å²) in [5.41, 5.74) is 3.25. The molecule has 25 heavy (non-hydrogen) atoms. The molecule has 1 aromatic carbocycles. The van der Waals surface area contributed by atoms with E-state index in [-0.39, 0.29) is 11.0 Å². The summed E-state index contributed by atoms with van der Waals surface area (Å²) < 4.78 is 1.90. The van der Waals surface area contributed by atoms with Crippen LogP contribution in [0, 0.1) is 6.92 Å². The summed E-state index contributed by atoms with van der Waals surface area (Å²) in [5, 5.41) is 17.7. The number of nitrogens with zero attached hydrogens (tertiary/aromatic N) is 4. The molecule has 2 aromatic heterocycles. The fraction of sp³-hybridized carbons (Fsp3) is 0.263. The number of aromatic nitrogens is 2. The molecule has 3 rings (SSSR count). The van der Waals surface area contributed by atoms with Crippen molar-refractivity contribution < 1.29 is 9.90 Å². The topological polar surface area (TPSA) is 79.3 Å². The summed E-state index contributed by atoms with van der Waals surface area (Å²) in [6, 6.07) is 10.4. The van der Waals surface area contributed by atoms with Crippen LogP contribution in [0.4, 0.5) is 11.5 Å². The van der Waals surface area contributed by atoms with E-state index in [1.165, 1.54) is 12.1 Å². The highest BCUT2D eigenvalue weighted by Gasteiger charge is 2.24. The summed E-state index contributed by atoms with van der Waals surface area (Å²) in [6.07, 6.45) is 1.93. The number of rotatable bonds is 3. The third kappa shape index (κ3) is 3.42. The number of carboxylic acid groups (broad SMARTS) is 1. The molecule has 2 heterocycles. The lowest BCUT2D eigenvalue weighted by Crippen LogP contribution is -2.11. The predicted molar refractivity (Wildman–Crippen MR) is 96.2 cm³/mol. The highest BCUT2D eigenvalue weighted by Crippen LogP contribution is 2.33. The summed E-state index contributed by atoms with van der Waals surface area (Å²) in [4.78, 5) is 15.8. The third-order valence-electron chi connectivity index (χ3n) is 3.82. The third-order valence-corrected chi connectivity index (χ3v) is 3.82. The highest BCUT2D eigenvalue weighted by molar-refractivity contribution is 5.88. The molecule has 0 fully saturated rings. The number of aromatic carboxylic acids is 1. The Hall–Kier alpha value is -3.02. The average Bonchev–Trinajstić information content (AvgIpc) is 2.91. The number of hydrogen-bond acceptors (Lipinski definition) is 4. The molecule has 0 saturated carbocycles. The number of carboxylic acids is 1. The molecule has 0 aliphatic carbocycles. The molecular formula is C19H20N4O2. The lowest BCUT2D eigenvalue weighted by atomic mass is 9.92. The fourth-order valence-corrected chi connectivity index (χ4v) is 2.54. The lowest BCUT2D eigenvalue weighted by molar-refractivity contribution is 0.0697. The fourth-order valence-electron chi connectivity index (χ4n) is 2.54. The normalized spacial score (nSPS) is 12.2. The lowest BCUT2D eigenvalue weighted by Gasteiger charge is -2.15. The molecule has 0 amide bonds. The summed E-state index contributed by atoms with van der Waals surface area (Å²) >= 11 is 0. The summed E-state index contributed by atoms with van der Waals surface area (Å²) in [5.74, 6) is -0.332. The van der Waals surface area contributed by atoms with E-state index in [9.17, 15) is 4.79 Å². The van der Waals surface area contributed by atoms with Gasteiger partial charge in [0.2, 0.25) is 0 Å². The van der Waals surface area contributed by atoms with Crippen molar-refractivity contribution in [1.29, 1.82) is 0 Å². The molecule has 0 spiro atoms. The first-order valence-electron chi connectivity index (χ1n) is 8.00. The first kappa shape index (κ1) is 16.8. The van der Waals surface area contributed by atoms with Gasteiger partial charge in [-0.05, 0) is 42.8 Å². The Morgan fingerprint density at radius 2 is 1.92 bits per heavy atom. The standard InChI is InChI=1S/C19H20N4O2/c1-12-8-9-23-15(10-12)20-16(19(2,3)4)17(23)22-21-14-7-5-6-13(11-14)18(24)25/h5-11H,1-4H3,(H,24,25). The predicted octanol–water partition coefficient (Wildman–Crippen LogP) is 5.05. The first-order chi connectivity index (χ1) is 11.8. The van der Waals surface area contributed by atoms with E-state index >= 15 is 0 Å². The molecular weight excluding hydrogens is 316 g/mol. The van der Waals surface area contributed by atoms with Gasteiger partial charge < -0.3 is 5.11 Å². The number of fused-ring (bicyclic) bond motifs is 1. The van der Waals surface area contributed by atoms with Crippen LogP contribution in [0.5, 0.6) is 0 Å². The molecule has 128 valence electrons. The monoisotopic (exact) mass is 336 g/mol. The minimum absolute atomic E-state index is 0.182. The Bertz CT molecular complexity index is 981. The highest BCUT2D eigenvalue weighted by atomic mass is 16.4. The first-order valence-corrected chi connectivity index (χ1v) is 8.00. The minimum atomic E-state index is -0.988. The second-order valence-corrected chi connectivity index (χ2v) is 7.02. The molecule has 0 aliphatic rings. The van der Waals surface area contributed by atoms with E-state index < -0.39 is 5.97 Å². The Balaban J connectivity index is 2.11. The van der Waals surface area contributed by atoms with E-state index in [0.29, 0.717) is 11.5 Å². The van der Waals surface area contributed by atoms with Gasteiger partial charge in [-0.15, -0.1) is 10.2 Å². The van der Waals surface area contributed by atoms with Crippen LogP contribution in [0.3, 0.4) is 0 Å². The van der Waals surface area contributed by atoms with E-state index in [0.717, 1.165) is 16.9 Å².